The zero-order valence-electron chi connectivity index (χ0n) is 22.8. The van der Waals surface area contributed by atoms with E-state index in [1.165, 1.54) is 20.2 Å². The van der Waals surface area contributed by atoms with E-state index < -0.39 is 20.5 Å². The van der Waals surface area contributed by atoms with Crippen LogP contribution >= 0.6 is 23.2 Å². The van der Waals surface area contributed by atoms with Crippen LogP contribution in [0.1, 0.15) is 27.7 Å². The number of benzene rings is 2. The van der Waals surface area contributed by atoms with Crippen LogP contribution in [0.15, 0.2) is 61.1 Å². The lowest BCUT2D eigenvalue weighted by Crippen LogP contribution is -2.48. The summed E-state index contributed by atoms with van der Waals surface area (Å²) in [7, 11) is -3.56. The van der Waals surface area contributed by atoms with Crippen LogP contribution in [0, 0.1) is 0 Å². The quantitative estimate of drug-likeness (QED) is 0.257. The predicted octanol–water partition coefficient (Wildman–Crippen LogP) is 5.41. The van der Waals surface area contributed by atoms with E-state index in [-0.39, 0.29) is 12.0 Å². The molecule has 4 aromatic rings. The van der Waals surface area contributed by atoms with E-state index in [1.54, 1.807) is 42.5 Å². The molecular formula is C27H33Cl2N5O5S. The number of sulfone groups is 1. The number of nitrogens with one attached hydrogen (secondary N) is 2. The van der Waals surface area contributed by atoms with E-state index in [0.29, 0.717) is 45.1 Å². The summed E-state index contributed by atoms with van der Waals surface area (Å²) in [5.41, 5.74) is 2.10. The molecule has 4 rings (SSSR count). The molecule has 0 atom stereocenters. The SMILES string of the molecule is CC.CC(C)(C(=O)NCCn1ccc2ncnc(Nc3ccc(Oc4cccc(Cl)c4)c(Cl)c3)c21)S(C)(=O)=O.O. The molecule has 2 aromatic heterocycles. The average molecular weight is 611 g/mol. The predicted molar refractivity (Wildman–Crippen MR) is 161 cm³/mol. The normalized spacial score (nSPS) is 11.2. The van der Waals surface area contributed by atoms with Gasteiger partial charge in [-0.3, -0.25) is 4.79 Å². The molecule has 0 aliphatic heterocycles. The number of carbonyl (C=O) groups excluding carboxylic acids is 1. The highest BCUT2D eigenvalue weighted by molar-refractivity contribution is 7.92. The molecule has 0 radical (unpaired) electrons. The molecule has 13 heteroatoms. The van der Waals surface area contributed by atoms with Gasteiger partial charge in [0.25, 0.3) is 0 Å². The molecule has 10 nitrogen and oxygen atoms in total. The topological polar surface area (TPSA) is 147 Å². The van der Waals surface area contributed by atoms with Gasteiger partial charge in [0.05, 0.1) is 10.5 Å². The van der Waals surface area contributed by atoms with Crippen molar-refractivity contribution < 1.29 is 23.4 Å². The maximum absolute atomic E-state index is 12.4. The summed E-state index contributed by atoms with van der Waals surface area (Å²) >= 11 is 12.5. The Labute approximate surface area is 243 Å². The summed E-state index contributed by atoms with van der Waals surface area (Å²) in [4.78, 5) is 21.1. The van der Waals surface area contributed by atoms with Gasteiger partial charge in [-0.15, -0.1) is 0 Å². The first kappa shape index (κ1) is 32.8. The van der Waals surface area contributed by atoms with Gasteiger partial charge in [-0.05, 0) is 56.3 Å². The van der Waals surface area contributed by atoms with Crippen LogP contribution < -0.4 is 15.4 Å². The maximum atomic E-state index is 12.4. The molecule has 2 aromatic carbocycles. The van der Waals surface area contributed by atoms with Crippen molar-refractivity contribution in [3.8, 4) is 11.5 Å². The number of fused-ring (bicyclic) bond motifs is 1. The maximum Gasteiger partial charge on any atom is 0.240 e. The molecule has 40 heavy (non-hydrogen) atoms. The van der Waals surface area contributed by atoms with Crippen LogP contribution in [0.4, 0.5) is 11.5 Å². The number of hydrogen-bond donors (Lipinski definition) is 2. The molecule has 216 valence electrons. The molecule has 0 saturated carbocycles. The van der Waals surface area contributed by atoms with E-state index in [0.717, 1.165) is 11.8 Å². The van der Waals surface area contributed by atoms with Crippen molar-refractivity contribution in [2.75, 3.05) is 18.1 Å². The third-order valence-electron chi connectivity index (χ3n) is 5.88. The van der Waals surface area contributed by atoms with Gasteiger partial charge in [0.1, 0.15) is 28.1 Å². The van der Waals surface area contributed by atoms with Crippen molar-refractivity contribution in [2.45, 2.75) is 39.0 Å². The third-order valence-corrected chi connectivity index (χ3v) is 8.45. The van der Waals surface area contributed by atoms with Crippen molar-refractivity contribution >= 4 is 61.5 Å². The van der Waals surface area contributed by atoms with E-state index in [9.17, 15) is 13.2 Å². The molecule has 0 spiro atoms. The molecule has 0 unspecified atom stereocenters. The van der Waals surface area contributed by atoms with Gasteiger partial charge in [-0.25, -0.2) is 18.4 Å². The lowest BCUT2D eigenvalue weighted by molar-refractivity contribution is -0.122. The Morgan fingerprint density at radius 3 is 2.45 bits per heavy atom. The second kappa shape index (κ2) is 13.8. The number of aromatic nitrogens is 3. The van der Waals surface area contributed by atoms with Gasteiger partial charge in [-0.2, -0.15) is 0 Å². The number of nitrogens with zero attached hydrogens (tertiary/aromatic N) is 3. The number of ether oxygens (including phenoxy) is 1. The summed E-state index contributed by atoms with van der Waals surface area (Å²) in [6, 6.07) is 14.1. The standard InChI is InChI=1S/C25H25Cl2N5O4S.C2H6.H2O/c1-25(2,37(3,34)35)24(33)28-10-12-32-11-9-20-22(32)23(30-15-29-20)31-17-7-8-21(19(27)14-17)36-18-6-4-5-16(26)13-18;1-2;/h4-9,11,13-15H,10,12H2,1-3H3,(H,28,33)(H,29,30,31);1-2H3;1H2. The summed E-state index contributed by atoms with van der Waals surface area (Å²) in [5.74, 6) is 1.02. The van der Waals surface area contributed by atoms with E-state index in [1.807, 2.05) is 30.7 Å². The molecule has 0 bridgehead atoms. The highest BCUT2D eigenvalue weighted by Gasteiger charge is 2.38. The Hall–Kier alpha value is -3.38. The summed E-state index contributed by atoms with van der Waals surface area (Å²) in [6.45, 7) is 7.37. The Kier molecular flexibility index (Phi) is 11.3. The number of halogens is 2. The summed E-state index contributed by atoms with van der Waals surface area (Å²) < 4.78 is 30.0. The fourth-order valence-corrected chi connectivity index (χ4v) is 4.25. The largest absolute Gasteiger partial charge is 0.456 e. The van der Waals surface area contributed by atoms with E-state index in [2.05, 4.69) is 20.6 Å². The van der Waals surface area contributed by atoms with Gasteiger partial charge in [-0.1, -0.05) is 43.1 Å². The molecule has 0 aliphatic carbocycles. The fraction of sp³-hybridized carbons (Fsp3) is 0.296. The van der Waals surface area contributed by atoms with E-state index >= 15 is 0 Å². The summed E-state index contributed by atoms with van der Waals surface area (Å²) in [6.07, 6.45) is 4.32. The summed E-state index contributed by atoms with van der Waals surface area (Å²) in [5, 5.41) is 6.90. The lowest BCUT2D eigenvalue weighted by Gasteiger charge is -2.21. The van der Waals surface area contributed by atoms with Gasteiger partial charge >= 0.3 is 0 Å². The molecule has 0 saturated heterocycles. The number of carbonyl (C=O) groups is 1. The van der Waals surface area contributed by atoms with Crippen molar-refractivity contribution in [3.63, 3.8) is 0 Å². The fourth-order valence-electron chi connectivity index (χ4n) is 3.44. The van der Waals surface area contributed by atoms with Crippen LogP contribution in [0.3, 0.4) is 0 Å². The zero-order chi connectivity index (χ0) is 28.8. The number of rotatable bonds is 9. The van der Waals surface area contributed by atoms with E-state index in [4.69, 9.17) is 27.9 Å². The minimum absolute atomic E-state index is 0. The molecular weight excluding hydrogens is 577 g/mol. The molecule has 2 heterocycles. The highest BCUT2D eigenvalue weighted by atomic mass is 35.5. The number of hydrogen-bond acceptors (Lipinski definition) is 7. The Morgan fingerprint density at radius 2 is 1.80 bits per heavy atom. The van der Waals surface area contributed by atoms with Gasteiger partial charge in [0, 0.05) is 36.3 Å². The van der Waals surface area contributed by atoms with Gasteiger partial charge < -0.3 is 25.4 Å². The first-order valence-corrected chi connectivity index (χ1v) is 14.9. The van der Waals surface area contributed by atoms with Crippen molar-refractivity contribution in [1.29, 1.82) is 0 Å². The lowest BCUT2D eigenvalue weighted by atomic mass is 10.2. The minimum Gasteiger partial charge on any atom is -0.456 e. The minimum atomic E-state index is -3.56. The van der Waals surface area contributed by atoms with Crippen molar-refractivity contribution in [3.05, 3.63) is 71.1 Å². The van der Waals surface area contributed by atoms with Gasteiger partial charge in [0.2, 0.25) is 5.91 Å². The van der Waals surface area contributed by atoms with Crippen LogP contribution in [0.5, 0.6) is 11.5 Å². The van der Waals surface area contributed by atoms with Crippen LogP contribution in [-0.4, -0.2) is 51.9 Å². The monoisotopic (exact) mass is 609 g/mol. The van der Waals surface area contributed by atoms with Crippen LogP contribution in [0.2, 0.25) is 10.0 Å². The molecule has 0 fully saturated rings. The molecule has 0 aliphatic rings. The third kappa shape index (κ3) is 7.63. The first-order valence-electron chi connectivity index (χ1n) is 12.2. The number of amides is 1. The Bertz CT molecular complexity index is 1570. The van der Waals surface area contributed by atoms with Crippen LogP contribution in [0.25, 0.3) is 11.0 Å². The van der Waals surface area contributed by atoms with Crippen LogP contribution in [-0.2, 0) is 21.2 Å². The smallest absolute Gasteiger partial charge is 0.240 e. The second-order valence-electron chi connectivity index (χ2n) is 8.83. The average Bonchev–Trinajstić information content (AvgIpc) is 3.30. The second-order valence-corrected chi connectivity index (χ2v) is 12.2. The molecule has 4 N–H and O–H groups in total. The molecule has 1 amide bonds. The highest BCUT2D eigenvalue weighted by Crippen LogP contribution is 2.34. The zero-order valence-corrected chi connectivity index (χ0v) is 25.2. The van der Waals surface area contributed by atoms with Crippen molar-refractivity contribution in [2.24, 2.45) is 0 Å². The van der Waals surface area contributed by atoms with Gasteiger partial charge in [0.15, 0.2) is 15.7 Å². The number of anilines is 2. The Balaban J connectivity index is 0.00000183. The Morgan fingerprint density at radius 1 is 1.07 bits per heavy atom. The first-order chi connectivity index (χ1) is 18.5. The van der Waals surface area contributed by atoms with Crippen molar-refractivity contribution in [1.82, 2.24) is 19.9 Å².